The molecule has 2 aromatic rings. The molecule has 0 radical (unpaired) electrons. The minimum Gasteiger partial charge on any atom is -0.351 e. The summed E-state index contributed by atoms with van der Waals surface area (Å²) >= 11 is 0. The molecule has 1 spiro atoms. The van der Waals surface area contributed by atoms with E-state index in [1.54, 1.807) is 0 Å². The average Bonchev–Trinajstić information content (AvgIpc) is 3.52. The van der Waals surface area contributed by atoms with E-state index in [-0.39, 0.29) is 23.3 Å². The quantitative estimate of drug-likeness (QED) is 0.681. The van der Waals surface area contributed by atoms with Crippen molar-refractivity contribution in [2.45, 2.75) is 70.3 Å². The van der Waals surface area contributed by atoms with Crippen LogP contribution in [0.2, 0.25) is 0 Å². The van der Waals surface area contributed by atoms with Crippen molar-refractivity contribution in [1.82, 2.24) is 25.1 Å². The number of imide groups is 1. The first kappa shape index (κ1) is 20.8. The lowest BCUT2D eigenvalue weighted by Gasteiger charge is -2.52. The van der Waals surface area contributed by atoms with Gasteiger partial charge in [-0.3, -0.25) is 19.6 Å². The molecule has 5 fully saturated rings. The number of aryl methyl sites for hydroxylation is 1. The molecule has 0 unspecified atom stereocenters. The summed E-state index contributed by atoms with van der Waals surface area (Å²) in [5, 5.41) is 10.7. The smallest absolute Gasteiger partial charge is 0.233 e. The first-order valence-electron chi connectivity index (χ1n) is 12.5. The fourth-order valence-corrected chi connectivity index (χ4v) is 6.29. The van der Waals surface area contributed by atoms with E-state index in [1.165, 1.54) is 18.5 Å². The van der Waals surface area contributed by atoms with Crippen LogP contribution < -0.4 is 10.6 Å². The first-order valence-corrected chi connectivity index (χ1v) is 12.5. The molecule has 0 atom stereocenters. The van der Waals surface area contributed by atoms with Crippen molar-refractivity contribution in [2.75, 3.05) is 5.32 Å². The highest BCUT2D eigenvalue weighted by Crippen LogP contribution is 2.55. The molecule has 5 aliphatic rings. The summed E-state index contributed by atoms with van der Waals surface area (Å²) < 4.78 is 1.97. The molecule has 3 aliphatic carbocycles. The Morgan fingerprint density at radius 3 is 2.73 bits per heavy atom. The van der Waals surface area contributed by atoms with Crippen LogP contribution in [0.5, 0.6) is 0 Å². The zero-order valence-corrected chi connectivity index (χ0v) is 19.2. The molecule has 2 N–H and O–H groups in total. The van der Waals surface area contributed by atoms with Crippen molar-refractivity contribution >= 4 is 17.8 Å². The van der Waals surface area contributed by atoms with E-state index in [4.69, 9.17) is 4.98 Å². The third-order valence-electron chi connectivity index (χ3n) is 8.58. The summed E-state index contributed by atoms with van der Waals surface area (Å²) in [5.41, 5.74) is 2.86. The van der Waals surface area contributed by atoms with Gasteiger partial charge in [-0.2, -0.15) is 5.10 Å². The lowest BCUT2D eigenvalue weighted by atomic mass is 9.54. The van der Waals surface area contributed by atoms with Crippen LogP contribution in [0.4, 0.5) is 5.95 Å². The number of nitrogens with one attached hydrogen (secondary N) is 2. The van der Waals surface area contributed by atoms with Crippen LogP contribution in [-0.2, 0) is 23.1 Å². The molecule has 8 nitrogen and oxygen atoms in total. The van der Waals surface area contributed by atoms with Crippen molar-refractivity contribution in [3.63, 3.8) is 0 Å². The third kappa shape index (κ3) is 3.83. The number of anilines is 1. The summed E-state index contributed by atoms with van der Waals surface area (Å²) in [5.74, 6) is 2.17. The Bertz CT molecular complexity index is 1080. The number of hydrogen-bond acceptors (Lipinski definition) is 6. The number of carbonyl (C=O) groups excluding carboxylic acids is 2. The second-order valence-corrected chi connectivity index (χ2v) is 10.7. The fraction of sp³-hybridized carbons (Fsp3) is 0.640. The van der Waals surface area contributed by atoms with Gasteiger partial charge in [0.2, 0.25) is 17.8 Å². The molecule has 2 amide bonds. The maximum atomic E-state index is 13.0. The molecule has 2 aliphatic heterocycles. The second-order valence-electron chi connectivity index (χ2n) is 10.7. The standard InChI is InChI=1S/C25H32N6O2/c1-31-21(12-15-2-3-15)19(14-27-31)20-6-9-26-24(29-20)28-18-4-7-25(8-5-18)17-10-16(11-17)13-22(32)30-23(25)33/h6,9,14-18H,2-5,7-8,10-13H2,1H3,(H,26,28,29)(H,30,32,33). The van der Waals surface area contributed by atoms with E-state index in [9.17, 15) is 9.59 Å². The van der Waals surface area contributed by atoms with Gasteiger partial charge in [0.25, 0.3) is 0 Å². The monoisotopic (exact) mass is 448 g/mol. The number of aromatic nitrogens is 4. The second kappa shape index (κ2) is 7.92. The predicted molar refractivity (Wildman–Crippen MR) is 123 cm³/mol. The van der Waals surface area contributed by atoms with E-state index < -0.39 is 0 Å². The summed E-state index contributed by atoms with van der Waals surface area (Å²) in [6, 6.07) is 2.19. The van der Waals surface area contributed by atoms with Crippen LogP contribution in [0.25, 0.3) is 11.3 Å². The van der Waals surface area contributed by atoms with Gasteiger partial charge in [-0.1, -0.05) is 0 Å². The van der Waals surface area contributed by atoms with Gasteiger partial charge in [0.05, 0.1) is 17.3 Å². The Morgan fingerprint density at radius 2 is 1.97 bits per heavy atom. The van der Waals surface area contributed by atoms with Gasteiger partial charge in [-0.25, -0.2) is 9.97 Å². The van der Waals surface area contributed by atoms with Crippen molar-refractivity contribution in [2.24, 2.45) is 30.2 Å². The Kier molecular flexibility index (Phi) is 4.99. The number of nitrogens with zero attached hydrogens (tertiary/aromatic N) is 4. The maximum Gasteiger partial charge on any atom is 0.233 e. The minimum absolute atomic E-state index is 0.0351. The van der Waals surface area contributed by atoms with E-state index >= 15 is 0 Å². The molecule has 2 aromatic heterocycles. The number of carbonyl (C=O) groups is 2. The highest BCUT2D eigenvalue weighted by atomic mass is 16.2. The molecular weight excluding hydrogens is 416 g/mol. The zero-order valence-electron chi connectivity index (χ0n) is 19.2. The maximum absolute atomic E-state index is 13.0. The Labute approximate surface area is 194 Å². The van der Waals surface area contributed by atoms with Gasteiger partial charge in [-0.15, -0.1) is 0 Å². The molecule has 2 saturated heterocycles. The third-order valence-corrected chi connectivity index (χ3v) is 8.58. The lowest BCUT2D eigenvalue weighted by molar-refractivity contribution is -0.150. The summed E-state index contributed by atoms with van der Waals surface area (Å²) in [7, 11) is 2.00. The van der Waals surface area contributed by atoms with Gasteiger partial charge < -0.3 is 5.32 Å². The van der Waals surface area contributed by atoms with Crippen LogP contribution in [0.3, 0.4) is 0 Å². The zero-order chi connectivity index (χ0) is 22.6. The molecule has 33 heavy (non-hydrogen) atoms. The molecule has 0 aromatic carbocycles. The topological polar surface area (TPSA) is 102 Å². The minimum atomic E-state index is -0.374. The number of rotatable bonds is 5. The van der Waals surface area contributed by atoms with Crippen molar-refractivity contribution in [3.05, 3.63) is 24.2 Å². The highest BCUT2D eigenvalue weighted by molar-refractivity contribution is 5.99. The van der Waals surface area contributed by atoms with Crippen LogP contribution in [0.1, 0.15) is 63.5 Å². The highest BCUT2D eigenvalue weighted by Gasteiger charge is 2.54. The average molecular weight is 449 g/mol. The molecular formula is C25H32N6O2. The lowest BCUT2D eigenvalue weighted by Crippen LogP contribution is -2.56. The number of amides is 2. The van der Waals surface area contributed by atoms with Gasteiger partial charge in [0.15, 0.2) is 0 Å². The van der Waals surface area contributed by atoms with E-state index in [2.05, 4.69) is 20.7 Å². The molecule has 174 valence electrons. The van der Waals surface area contributed by atoms with Gasteiger partial charge in [0, 0.05) is 37.0 Å². The summed E-state index contributed by atoms with van der Waals surface area (Å²) in [6.07, 6.45) is 13.3. The molecule has 7 rings (SSSR count). The largest absolute Gasteiger partial charge is 0.351 e. The molecule has 4 heterocycles. The first-order chi connectivity index (χ1) is 16.0. The van der Waals surface area contributed by atoms with Gasteiger partial charge in [0.1, 0.15) is 0 Å². The van der Waals surface area contributed by atoms with Crippen LogP contribution in [-0.4, -0.2) is 37.6 Å². The number of hydrogen-bond donors (Lipinski definition) is 2. The van der Waals surface area contributed by atoms with Crippen LogP contribution in [0, 0.1) is 23.2 Å². The summed E-state index contributed by atoms with van der Waals surface area (Å²) in [6.45, 7) is 0. The van der Waals surface area contributed by atoms with Crippen LogP contribution >= 0.6 is 0 Å². The van der Waals surface area contributed by atoms with Crippen molar-refractivity contribution in [1.29, 1.82) is 0 Å². The van der Waals surface area contributed by atoms with E-state index in [0.717, 1.165) is 62.1 Å². The fourth-order valence-electron chi connectivity index (χ4n) is 6.29. The molecule has 3 saturated carbocycles. The van der Waals surface area contributed by atoms with E-state index in [0.29, 0.717) is 24.2 Å². The predicted octanol–water partition coefficient (Wildman–Crippen LogP) is 3.24. The van der Waals surface area contributed by atoms with Crippen molar-refractivity contribution in [3.8, 4) is 11.3 Å². The van der Waals surface area contributed by atoms with Gasteiger partial charge in [-0.05, 0) is 81.6 Å². The molecule has 2 bridgehead atoms. The SMILES string of the molecule is Cn1ncc(-c2ccnc(NC3CCC4(CC3)C(=O)NC(=O)CC3CC4C3)n2)c1CC1CC1. The Morgan fingerprint density at radius 1 is 1.18 bits per heavy atom. The van der Waals surface area contributed by atoms with Crippen molar-refractivity contribution < 1.29 is 9.59 Å². The van der Waals surface area contributed by atoms with Gasteiger partial charge >= 0.3 is 0 Å². The normalized spacial score (nSPS) is 31.5. The molecule has 8 heteroatoms. The van der Waals surface area contributed by atoms with E-state index in [1.807, 2.05) is 30.2 Å². The number of fused-ring (bicyclic) bond motifs is 3. The van der Waals surface area contributed by atoms with Crippen LogP contribution in [0.15, 0.2) is 18.5 Å². The summed E-state index contributed by atoms with van der Waals surface area (Å²) in [4.78, 5) is 34.4. The Hall–Kier alpha value is -2.77. The Balaban J connectivity index is 1.14.